The second kappa shape index (κ2) is 11.7. The number of aliphatic imine (C=N–C) groups is 1. The van der Waals surface area contributed by atoms with E-state index in [-0.39, 0.29) is 30.0 Å². The van der Waals surface area contributed by atoms with Gasteiger partial charge < -0.3 is 15.8 Å². The summed E-state index contributed by atoms with van der Waals surface area (Å²) in [7, 11) is 1.68. The van der Waals surface area contributed by atoms with Crippen molar-refractivity contribution in [3.05, 3.63) is 35.4 Å². The van der Waals surface area contributed by atoms with Crippen molar-refractivity contribution in [2.24, 2.45) is 10.7 Å². The van der Waals surface area contributed by atoms with Gasteiger partial charge in [-0.25, -0.2) is 4.99 Å². The van der Waals surface area contributed by atoms with Gasteiger partial charge >= 0.3 is 0 Å². The predicted octanol–water partition coefficient (Wildman–Crippen LogP) is 3.12. The van der Waals surface area contributed by atoms with Crippen LogP contribution in [0.3, 0.4) is 0 Å². The molecular formula is C19H33IN4O. The number of likely N-dealkylation sites (tertiary alicyclic amines) is 1. The van der Waals surface area contributed by atoms with Crippen LogP contribution in [0.25, 0.3) is 0 Å². The SMILES string of the molecule is COCC(C)NC(N)=NCc1ccccc1CN1CCCCC1C.I. The van der Waals surface area contributed by atoms with E-state index in [1.807, 2.05) is 6.92 Å². The Hall–Kier alpha value is -0.860. The van der Waals surface area contributed by atoms with Crippen LogP contribution in [0, 0.1) is 0 Å². The lowest BCUT2D eigenvalue weighted by Crippen LogP contribution is -2.40. The zero-order valence-corrected chi connectivity index (χ0v) is 18.0. The molecule has 0 saturated carbocycles. The molecule has 3 N–H and O–H groups in total. The molecule has 2 rings (SSSR count). The summed E-state index contributed by atoms with van der Waals surface area (Å²) >= 11 is 0. The highest BCUT2D eigenvalue weighted by Gasteiger charge is 2.19. The standard InChI is InChI=1S/C19H32N4O.HI/c1-15(14-24-3)22-19(20)21-12-17-9-4-5-10-18(17)13-23-11-7-6-8-16(23)2;/h4-5,9-10,15-16H,6-8,11-14H2,1-3H3,(H3,20,21,22);1H. The molecule has 0 aromatic heterocycles. The van der Waals surface area contributed by atoms with Gasteiger partial charge in [0.25, 0.3) is 0 Å². The van der Waals surface area contributed by atoms with E-state index in [1.54, 1.807) is 7.11 Å². The summed E-state index contributed by atoms with van der Waals surface area (Å²) < 4.78 is 5.10. The van der Waals surface area contributed by atoms with E-state index in [0.29, 0.717) is 25.2 Å². The van der Waals surface area contributed by atoms with Gasteiger partial charge in [0.2, 0.25) is 0 Å². The molecule has 25 heavy (non-hydrogen) atoms. The quantitative estimate of drug-likeness (QED) is 0.373. The predicted molar refractivity (Wildman–Crippen MR) is 115 cm³/mol. The minimum atomic E-state index is 0. The second-order valence-electron chi connectivity index (χ2n) is 6.79. The molecule has 1 aliphatic heterocycles. The lowest BCUT2D eigenvalue weighted by Gasteiger charge is -2.33. The van der Waals surface area contributed by atoms with Gasteiger partial charge in [-0.1, -0.05) is 30.7 Å². The highest BCUT2D eigenvalue weighted by atomic mass is 127. The van der Waals surface area contributed by atoms with Gasteiger partial charge in [-0.2, -0.15) is 0 Å². The van der Waals surface area contributed by atoms with E-state index in [2.05, 4.69) is 46.4 Å². The van der Waals surface area contributed by atoms with Gasteiger partial charge in [-0.05, 0) is 44.4 Å². The zero-order valence-electron chi connectivity index (χ0n) is 15.7. The van der Waals surface area contributed by atoms with Gasteiger partial charge in [0.1, 0.15) is 0 Å². The third kappa shape index (κ3) is 7.50. The van der Waals surface area contributed by atoms with E-state index in [0.717, 1.165) is 6.54 Å². The number of guanidine groups is 1. The number of hydrogen-bond donors (Lipinski definition) is 2. The number of rotatable bonds is 7. The summed E-state index contributed by atoms with van der Waals surface area (Å²) in [6.45, 7) is 7.77. The van der Waals surface area contributed by atoms with Crippen LogP contribution in [0.5, 0.6) is 0 Å². The van der Waals surface area contributed by atoms with Crippen molar-refractivity contribution in [1.29, 1.82) is 0 Å². The first-order valence-electron chi connectivity index (χ1n) is 8.96. The molecule has 0 aliphatic carbocycles. The van der Waals surface area contributed by atoms with Crippen LogP contribution in [0.1, 0.15) is 44.2 Å². The molecule has 1 aliphatic rings. The molecule has 5 nitrogen and oxygen atoms in total. The Bertz CT molecular complexity index is 538. The highest BCUT2D eigenvalue weighted by molar-refractivity contribution is 14.0. The molecule has 0 spiro atoms. The topological polar surface area (TPSA) is 62.9 Å². The van der Waals surface area contributed by atoms with Crippen molar-refractivity contribution < 1.29 is 4.74 Å². The molecule has 0 bridgehead atoms. The van der Waals surface area contributed by atoms with Gasteiger partial charge in [-0.15, -0.1) is 24.0 Å². The highest BCUT2D eigenvalue weighted by Crippen LogP contribution is 2.21. The van der Waals surface area contributed by atoms with Crippen molar-refractivity contribution >= 4 is 29.9 Å². The molecule has 2 unspecified atom stereocenters. The Morgan fingerprint density at radius 3 is 2.76 bits per heavy atom. The van der Waals surface area contributed by atoms with Crippen molar-refractivity contribution in [3.8, 4) is 0 Å². The van der Waals surface area contributed by atoms with Gasteiger partial charge in [-0.3, -0.25) is 4.90 Å². The smallest absolute Gasteiger partial charge is 0.189 e. The van der Waals surface area contributed by atoms with Gasteiger partial charge in [0.05, 0.1) is 13.2 Å². The second-order valence-corrected chi connectivity index (χ2v) is 6.79. The molecule has 1 fully saturated rings. The average Bonchev–Trinajstić information content (AvgIpc) is 2.56. The number of nitrogens with two attached hydrogens (primary N) is 1. The molecule has 1 heterocycles. The van der Waals surface area contributed by atoms with E-state index in [9.17, 15) is 0 Å². The van der Waals surface area contributed by atoms with Crippen LogP contribution in [-0.4, -0.2) is 43.2 Å². The molecule has 1 saturated heterocycles. The maximum atomic E-state index is 5.98. The molecular weight excluding hydrogens is 427 g/mol. The summed E-state index contributed by atoms with van der Waals surface area (Å²) in [6.07, 6.45) is 3.96. The monoisotopic (exact) mass is 460 g/mol. The minimum absolute atomic E-state index is 0. The Morgan fingerprint density at radius 1 is 1.36 bits per heavy atom. The first-order valence-corrected chi connectivity index (χ1v) is 8.96. The maximum absolute atomic E-state index is 5.98. The summed E-state index contributed by atoms with van der Waals surface area (Å²) in [6, 6.07) is 9.37. The molecule has 1 aromatic rings. The minimum Gasteiger partial charge on any atom is -0.383 e. The lowest BCUT2D eigenvalue weighted by molar-refractivity contribution is 0.152. The fourth-order valence-electron chi connectivity index (χ4n) is 3.24. The normalized spacial score (nSPS) is 20.0. The summed E-state index contributed by atoms with van der Waals surface area (Å²) in [4.78, 5) is 7.08. The van der Waals surface area contributed by atoms with Crippen molar-refractivity contribution in [2.45, 2.75) is 58.3 Å². The van der Waals surface area contributed by atoms with E-state index in [1.165, 1.54) is 36.9 Å². The molecule has 0 radical (unpaired) electrons. The number of benzene rings is 1. The van der Waals surface area contributed by atoms with Crippen LogP contribution in [0.4, 0.5) is 0 Å². The van der Waals surface area contributed by atoms with Crippen molar-refractivity contribution in [2.75, 3.05) is 20.3 Å². The fraction of sp³-hybridized carbons (Fsp3) is 0.632. The zero-order chi connectivity index (χ0) is 17.4. The molecule has 0 amide bonds. The number of ether oxygens (including phenoxy) is 1. The number of piperidine rings is 1. The van der Waals surface area contributed by atoms with Gasteiger partial charge in [0.15, 0.2) is 5.96 Å². The number of nitrogens with zero attached hydrogens (tertiary/aromatic N) is 2. The van der Waals surface area contributed by atoms with Crippen LogP contribution >= 0.6 is 24.0 Å². The van der Waals surface area contributed by atoms with E-state index < -0.39 is 0 Å². The van der Waals surface area contributed by atoms with Gasteiger partial charge in [0, 0.05) is 25.7 Å². The summed E-state index contributed by atoms with van der Waals surface area (Å²) in [5.41, 5.74) is 8.59. The summed E-state index contributed by atoms with van der Waals surface area (Å²) in [5, 5.41) is 3.15. The first kappa shape index (κ1) is 22.2. The van der Waals surface area contributed by atoms with Crippen LogP contribution in [0.2, 0.25) is 0 Å². The lowest BCUT2D eigenvalue weighted by atomic mass is 10.0. The van der Waals surface area contributed by atoms with Crippen LogP contribution in [-0.2, 0) is 17.8 Å². The number of halogens is 1. The Morgan fingerprint density at radius 2 is 2.08 bits per heavy atom. The number of nitrogens with one attached hydrogen (secondary N) is 1. The third-order valence-corrected chi connectivity index (χ3v) is 4.66. The van der Waals surface area contributed by atoms with E-state index in [4.69, 9.17) is 10.5 Å². The Balaban J connectivity index is 0.00000312. The Kier molecular flexibility index (Phi) is 10.4. The maximum Gasteiger partial charge on any atom is 0.189 e. The molecule has 2 atom stereocenters. The van der Waals surface area contributed by atoms with Crippen LogP contribution < -0.4 is 11.1 Å². The van der Waals surface area contributed by atoms with Crippen molar-refractivity contribution in [1.82, 2.24) is 10.2 Å². The van der Waals surface area contributed by atoms with Crippen LogP contribution in [0.15, 0.2) is 29.3 Å². The molecule has 6 heteroatoms. The summed E-state index contributed by atoms with van der Waals surface area (Å²) in [5.74, 6) is 0.473. The number of methoxy groups -OCH3 is 1. The Labute approximate surface area is 169 Å². The van der Waals surface area contributed by atoms with Crippen molar-refractivity contribution in [3.63, 3.8) is 0 Å². The average molecular weight is 460 g/mol. The largest absolute Gasteiger partial charge is 0.383 e. The molecule has 142 valence electrons. The third-order valence-electron chi connectivity index (χ3n) is 4.66. The fourth-order valence-corrected chi connectivity index (χ4v) is 3.24. The first-order chi connectivity index (χ1) is 11.6. The van der Waals surface area contributed by atoms with E-state index >= 15 is 0 Å². The number of hydrogen-bond acceptors (Lipinski definition) is 3. The molecule has 1 aromatic carbocycles.